The molecule has 1 heterocycles. The van der Waals surface area contributed by atoms with Gasteiger partial charge in [-0.2, -0.15) is 10.5 Å². The van der Waals surface area contributed by atoms with Crippen LogP contribution in [0, 0.1) is 28.6 Å². The Balaban J connectivity index is 1.99. The van der Waals surface area contributed by atoms with Crippen molar-refractivity contribution in [1.82, 2.24) is 0 Å². The number of benzene rings is 1. The van der Waals surface area contributed by atoms with Crippen molar-refractivity contribution in [2.24, 2.45) is 5.92 Å². The Kier molecular flexibility index (Phi) is 4.63. The largest absolute Gasteiger partial charge is 0.372 e. The molecule has 1 fully saturated rings. The van der Waals surface area contributed by atoms with Crippen LogP contribution in [0.3, 0.4) is 0 Å². The lowest BCUT2D eigenvalue weighted by Crippen LogP contribution is -2.32. The van der Waals surface area contributed by atoms with E-state index < -0.39 is 0 Å². The maximum absolute atomic E-state index is 8.65. The van der Waals surface area contributed by atoms with Gasteiger partial charge >= 0.3 is 0 Å². The SMILES string of the molecule is CC1CCN(c2ccc(NC=C(C#N)C#N)cc2)CC1. The molecule has 1 aromatic carbocycles. The van der Waals surface area contributed by atoms with Gasteiger partial charge in [-0.25, -0.2) is 0 Å². The standard InChI is InChI=1S/C16H18N4/c1-13-6-8-20(9-7-13)16-4-2-15(3-5-16)19-12-14(10-17)11-18/h2-5,12-13,19H,6-9H2,1H3. The topological polar surface area (TPSA) is 62.9 Å². The van der Waals surface area contributed by atoms with Crippen molar-refractivity contribution in [2.75, 3.05) is 23.3 Å². The minimum atomic E-state index is 0.0686. The first kappa shape index (κ1) is 14.0. The average Bonchev–Trinajstić information content (AvgIpc) is 2.50. The van der Waals surface area contributed by atoms with Gasteiger partial charge in [0.2, 0.25) is 0 Å². The Bertz CT molecular complexity index is 536. The number of piperidine rings is 1. The van der Waals surface area contributed by atoms with Gasteiger partial charge < -0.3 is 10.2 Å². The molecule has 4 heteroatoms. The van der Waals surface area contributed by atoms with Gasteiger partial charge in [0.1, 0.15) is 17.7 Å². The van der Waals surface area contributed by atoms with Crippen molar-refractivity contribution >= 4 is 11.4 Å². The Labute approximate surface area is 119 Å². The highest BCUT2D eigenvalue weighted by molar-refractivity contribution is 5.57. The van der Waals surface area contributed by atoms with Crippen molar-refractivity contribution in [2.45, 2.75) is 19.8 Å². The van der Waals surface area contributed by atoms with Gasteiger partial charge in [0.05, 0.1) is 0 Å². The molecule has 1 aliphatic rings. The van der Waals surface area contributed by atoms with Crippen molar-refractivity contribution in [3.8, 4) is 12.1 Å². The molecule has 0 spiro atoms. The van der Waals surface area contributed by atoms with Crippen LogP contribution in [-0.2, 0) is 0 Å². The minimum absolute atomic E-state index is 0.0686. The fraction of sp³-hybridized carbons (Fsp3) is 0.375. The summed E-state index contributed by atoms with van der Waals surface area (Å²) in [5.41, 5.74) is 2.17. The number of rotatable bonds is 3. The van der Waals surface area contributed by atoms with E-state index in [4.69, 9.17) is 10.5 Å². The molecule has 1 saturated heterocycles. The van der Waals surface area contributed by atoms with E-state index in [9.17, 15) is 0 Å². The Hall–Kier alpha value is -2.46. The predicted octanol–water partition coefficient (Wildman–Crippen LogP) is 3.27. The highest BCUT2D eigenvalue weighted by Crippen LogP contribution is 2.24. The van der Waals surface area contributed by atoms with Crippen molar-refractivity contribution < 1.29 is 0 Å². The third kappa shape index (κ3) is 3.52. The van der Waals surface area contributed by atoms with Crippen molar-refractivity contribution in [1.29, 1.82) is 10.5 Å². The highest BCUT2D eigenvalue weighted by Gasteiger charge is 2.15. The molecule has 1 aromatic rings. The number of nitriles is 2. The van der Waals surface area contributed by atoms with E-state index in [0.29, 0.717) is 0 Å². The van der Waals surface area contributed by atoms with Crippen LogP contribution in [0.5, 0.6) is 0 Å². The highest BCUT2D eigenvalue weighted by atomic mass is 15.1. The van der Waals surface area contributed by atoms with E-state index in [-0.39, 0.29) is 5.57 Å². The van der Waals surface area contributed by atoms with Crippen molar-refractivity contribution in [3.05, 3.63) is 36.0 Å². The average molecular weight is 266 g/mol. The van der Waals surface area contributed by atoms with Crippen molar-refractivity contribution in [3.63, 3.8) is 0 Å². The molecule has 2 rings (SSSR count). The summed E-state index contributed by atoms with van der Waals surface area (Å²) in [6, 6.07) is 11.7. The Morgan fingerprint density at radius 1 is 1.20 bits per heavy atom. The lowest BCUT2D eigenvalue weighted by Gasteiger charge is -2.32. The smallest absolute Gasteiger partial charge is 0.145 e. The summed E-state index contributed by atoms with van der Waals surface area (Å²) < 4.78 is 0. The van der Waals surface area contributed by atoms with Crippen LogP contribution in [0.2, 0.25) is 0 Å². The van der Waals surface area contributed by atoms with Gasteiger partial charge in [0, 0.05) is 30.7 Å². The zero-order chi connectivity index (χ0) is 14.4. The number of nitrogens with one attached hydrogen (secondary N) is 1. The second-order valence-electron chi connectivity index (χ2n) is 5.14. The normalized spacial score (nSPS) is 15.1. The molecule has 0 atom stereocenters. The van der Waals surface area contributed by atoms with E-state index in [0.717, 1.165) is 24.7 Å². The fourth-order valence-electron chi connectivity index (χ4n) is 2.28. The summed E-state index contributed by atoms with van der Waals surface area (Å²) in [7, 11) is 0. The summed E-state index contributed by atoms with van der Waals surface area (Å²) in [5.74, 6) is 0.827. The zero-order valence-corrected chi connectivity index (χ0v) is 11.6. The third-order valence-corrected chi connectivity index (χ3v) is 3.64. The summed E-state index contributed by atoms with van der Waals surface area (Å²) in [6.45, 7) is 4.53. The molecule has 0 bridgehead atoms. The maximum Gasteiger partial charge on any atom is 0.145 e. The van der Waals surface area contributed by atoms with Crippen LogP contribution in [0.25, 0.3) is 0 Å². The van der Waals surface area contributed by atoms with Gasteiger partial charge in [-0.15, -0.1) is 0 Å². The zero-order valence-electron chi connectivity index (χ0n) is 11.6. The lowest BCUT2D eigenvalue weighted by atomic mass is 9.99. The lowest BCUT2D eigenvalue weighted by molar-refractivity contribution is 0.438. The molecule has 0 aromatic heterocycles. The molecular formula is C16H18N4. The number of anilines is 2. The Morgan fingerprint density at radius 2 is 1.80 bits per heavy atom. The van der Waals surface area contributed by atoms with Gasteiger partial charge in [0.25, 0.3) is 0 Å². The first-order chi connectivity index (χ1) is 9.72. The van der Waals surface area contributed by atoms with Crippen LogP contribution in [0.1, 0.15) is 19.8 Å². The first-order valence-corrected chi connectivity index (χ1v) is 6.85. The molecular weight excluding hydrogens is 248 g/mol. The van der Waals surface area contributed by atoms with E-state index in [2.05, 4.69) is 29.3 Å². The minimum Gasteiger partial charge on any atom is -0.372 e. The van der Waals surface area contributed by atoms with Gasteiger partial charge in [-0.1, -0.05) is 6.92 Å². The summed E-state index contributed by atoms with van der Waals surface area (Å²) >= 11 is 0. The van der Waals surface area contributed by atoms with Crippen LogP contribution in [-0.4, -0.2) is 13.1 Å². The second-order valence-corrected chi connectivity index (χ2v) is 5.14. The fourth-order valence-corrected chi connectivity index (χ4v) is 2.28. The van der Waals surface area contributed by atoms with E-state index in [1.165, 1.54) is 24.7 Å². The monoisotopic (exact) mass is 266 g/mol. The molecule has 102 valence electrons. The molecule has 0 amide bonds. The molecule has 0 aliphatic carbocycles. The van der Waals surface area contributed by atoms with Crippen LogP contribution in [0.4, 0.5) is 11.4 Å². The molecule has 0 unspecified atom stereocenters. The van der Waals surface area contributed by atoms with E-state index in [1.54, 1.807) is 0 Å². The molecule has 20 heavy (non-hydrogen) atoms. The third-order valence-electron chi connectivity index (χ3n) is 3.64. The Morgan fingerprint density at radius 3 is 2.35 bits per heavy atom. The van der Waals surface area contributed by atoms with Crippen LogP contribution in [0.15, 0.2) is 36.0 Å². The second kappa shape index (κ2) is 6.63. The molecule has 0 radical (unpaired) electrons. The predicted molar refractivity (Wildman–Crippen MR) is 80.0 cm³/mol. The van der Waals surface area contributed by atoms with Crippen LogP contribution < -0.4 is 10.2 Å². The summed E-state index contributed by atoms with van der Waals surface area (Å²) in [6.07, 6.45) is 3.92. The number of allylic oxidation sites excluding steroid dienone is 1. The van der Waals surface area contributed by atoms with Gasteiger partial charge in [-0.3, -0.25) is 0 Å². The molecule has 4 nitrogen and oxygen atoms in total. The quantitative estimate of drug-likeness (QED) is 0.853. The number of hydrogen-bond donors (Lipinski definition) is 1. The van der Waals surface area contributed by atoms with Gasteiger partial charge in [0.15, 0.2) is 0 Å². The number of nitrogens with zero attached hydrogens (tertiary/aromatic N) is 3. The summed E-state index contributed by atoms with van der Waals surface area (Å²) in [5, 5.41) is 20.3. The van der Waals surface area contributed by atoms with E-state index in [1.807, 2.05) is 24.3 Å². The van der Waals surface area contributed by atoms with Crippen LogP contribution >= 0.6 is 0 Å². The molecule has 0 saturated carbocycles. The van der Waals surface area contributed by atoms with Gasteiger partial charge in [-0.05, 0) is 43.0 Å². The first-order valence-electron chi connectivity index (χ1n) is 6.85. The van der Waals surface area contributed by atoms with E-state index >= 15 is 0 Å². The number of hydrogen-bond acceptors (Lipinski definition) is 4. The molecule has 1 aliphatic heterocycles. The summed E-state index contributed by atoms with van der Waals surface area (Å²) in [4.78, 5) is 2.40. The molecule has 1 N–H and O–H groups in total. The maximum atomic E-state index is 8.65.